The van der Waals surface area contributed by atoms with Crippen LogP contribution in [0.15, 0.2) is 18.2 Å². The molecule has 6 atom stereocenters. The molecule has 2 fully saturated rings. The van der Waals surface area contributed by atoms with Gasteiger partial charge in [-0.3, -0.25) is 0 Å². The van der Waals surface area contributed by atoms with E-state index in [0.717, 1.165) is 25.7 Å². The first-order valence-electron chi connectivity index (χ1n) is 8.99. The Kier molecular flexibility index (Phi) is 2.45. The van der Waals surface area contributed by atoms with Crippen LogP contribution in [-0.2, 0) is 6.42 Å². The van der Waals surface area contributed by atoms with Crippen LogP contribution in [0.4, 0.5) is 0 Å². The van der Waals surface area contributed by atoms with Crippen molar-refractivity contribution in [2.75, 3.05) is 0 Å². The highest BCUT2D eigenvalue weighted by Gasteiger charge is 2.57. The molecule has 0 heterocycles. The number of aliphatic hydroxyl groups excluding tert-OH is 2. The predicted molar refractivity (Wildman–Crippen MR) is 80.1 cm³/mol. The van der Waals surface area contributed by atoms with Crippen LogP contribution >= 0.6 is 0 Å². The number of rotatable bonds is 1. The normalized spacial score (nSPS) is 46.0. The molecule has 0 saturated heterocycles. The van der Waals surface area contributed by atoms with E-state index < -0.39 is 12.2 Å². The number of aliphatic hydroxyl groups is 2. The number of aromatic hydroxyl groups is 1. The van der Waals surface area contributed by atoms with Crippen LogP contribution in [-0.4, -0.2) is 29.0 Å². The molecular formula is C18H24O3. The molecule has 0 aliphatic heterocycles. The Morgan fingerprint density at radius 2 is 2.24 bits per heavy atom. The second-order valence-electron chi connectivity index (χ2n) is 7.49. The number of phenolic OH excluding ortho intramolecular Hbond substituents is 1. The quantitative estimate of drug-likeness (QED) is 0.745. The minimum atomic E-state index is -0.610. The van der Waals surface area contributed by atoms with Crippen molar-refractivity contribution < 1.29 is 16.7 Å². The van der Waals surface area contributed by atoms with Crippen molar-refractivity contribution in [3.63, 3.8) is 0 Å². The maximum atomic E-state index is 10.4. The van der Waals surface area contributed by atoms with Gasteiger partial charge in [-0.1, -0.05) is 13.0 Å². The molecule has 0 spiro atoms. The fraction of sp³-hybridized carbons (Fsp3) is 0.667. The Bertz CT molecular complexity index is 635. The van der Waals surface area contributed by atoms with Crippen molar-refractivity contribution in [2.45, 2.75) is 57.2 Å². The summed E-state index contributed by atoms with van der Waals surface area (Å²) in [5.74, 6) is 1.55. The number of hydrogen-bond donors (Lipinski definition) is 3. The molecule has 0 radical (unpaired) electrons. The standard InChI is InChI=1S/C18H24O3/c1-18-7-6-13-12-5-3-11(19)8-10(12)2-4-14(13)15(18)9-16(20)17(18)21/h3,5,8,13-17,19-21H,2,4,6-7,9H2,1H3/t13-,14-,15+,16-,17+,18+/m1/s1/i3D/hD. The van der Waals surface area contributed by atoms with Crippen molar-refractivity contribution in [3.8, 4) is 5.75 Å². The average molecular weight is 290 g/mol. The average Bonchev–Trinajstić information content (AvgIpc) is 2.78. The third kappa shape index (κ3) is 1.80. The second kappa shape index (κ2) is 4.47. The van der Waals surface area contributed by atoms with E-state index in [1.165, 1.54) is 11.1 Å². The van der Waals surface area contributed by atoms with Crippen LogP contribution in [0.2, 0.25) is 0 Å². The van der Waals surface area contributed by atoms with Gasteiger partial charge in [-0.05, 0) is 78.5 Å². The van der Waals surface area contributed by atoms with Gasteiger partial charge in [0.2, 0.25) is 0 Å². The SMILES string of the molecule is [2H]Oc1cc2c(cc1[2H])[C@H]1CC[C@]3(C)[C@@H](O)[C@H](O)C[C@H]3[C@@H]1CC2. The Hall–Kier alpha value is -1.06. The van der Waals surface area contributed by atoms with Gasteiger partial charge in [-0.15, -0.1) is 0 Å². The summed E-state index contributed by atoms with van der Waals surface area (Å²) in [6.07, 6.45) is 3.36. The molecule has 4 rings (SSSR count). The van der Waals surface area contributed by atoms with Crippen molar-refractivity contribution in [2.24, 2.45) is 17.3 Å². The number of benzene rings is 1. The largest absolute Gasteiger partial charge is 0.508 e. The summed E-state index contributed by atoms with van der Waals surface area (Å²) in [5, 5.41) is 25.2. The lowest BCUT2D eigenvalue weighted by Gasteiger charge is -2.49. The second-order valence-corrected chi connectivity index (χ2v) is 7.49. The maximum absolute atomic E-state index is 10.4. The lowest BCUT2D eigenvalue weighted by molar-refractivity contribution is -0.0505. The first kappa shape index (κ1) is 11.5. The lowest BCUT2D eigenvalue weighted by Crippen LogP contribution is -2.44. The molecular weight excluding hydrogens is 264 g/mol. The van der Waals surface area contributed by atoms with Gasteiger partial charge in [-0.25, -0.2) is 0 Å². The van der Waals surface area contributed by atoms with Crippen LogP contribution in [0.3, 0.4) is 0 Å². The Labute approximate surface area is 128 Å². The van der Waals surface area contributed by atoms with Crippen LogP contribution in [0.5, 0.6) is 5.75 Å². The fourth-order valence-corrected chi connectivity index (χ4v) is 5.47. The van der Waals surface area contributed by atoms with Crippen LogP contribution in [0.25, 0.3) is 0 Å². The third-order valence-corrected chi connectivity index (χ3v) is 6.60. The van der Waals surface area contributed by atoms with E-state index in [2.05, 4.69) is 12.0 Å². The predicted octanol–water partition coefficient (Wildman–Crippen LogP) is 2.58. The van der Waals surface area contributed by atoms with E-state index in [4.69, 9.17) is 2.80 Å². The molecule has 3 nitrogen and oxygen atoms in total. The number of aryl methyl sites for hydroxylation is 1. The topological polar surface area (TPSA) is 60.7 Å². The summed E-state index contributed by atoms with van der Waals surface area (Å²) >= 11 is 0. The fourth-order valence-electron chi connectivity index (χ4n) is 5.47. The van der Waals surface area contributed by atoms with E-state index in [9.17, 15) is 10.2 Å². The molecule has 114 valence electrons. The van der Waals surface area contributed by atoms with Gasteiger partial charge in [0.1, 0.15) is 5.75 Å². The van der Waals surface area contributed by atoms with E-state index in [0.29, 0.717) is 29.9 Å². The van der Waals surface area contributed by atoms with Crippen LogP contribution < -0.4 is 0 Å². The van der Waals surface area contributed by atoms with E-state index in [1.54, 1.807) is 0 Å². The molecule has 1 aromatic rings. The molecule has 3 N–H and O–H groups in total. The highest BCUT2D eigenvalue weighted by Crippen LogP contribution is 2.60. The smallest absolute Gasteiger partial charge is 0.293 e. The van der Waals surface area contributed by atoms with Gasteiger partial charge < -0.3 is 15.3 Å². The molecule has 2 saturated carbocycles. The number of phenols is 1. The maximum Gasteiger partial charge on any atom is 0.293 e. The molecule has 0 unspecified atom stereocenters. The van der Waals surface area contributed by atoms with Gasteiger partial charge in [0.05, 0.1) is 13.6 Å². The molecule has 1 aromatic carbocycles. The summed E-state index contributed by atoms with van der Waals surface area (Å²) < 4.78 is 15.1. The van der Waals surface area contributed by atoms with E-state index in [1.807, 2.05) is 12.1 Å². The van der Waals surface area contributed by atoms with Crippen molar-refractivity contribution in [3.05, 3.63) is 29.3 Å². The Morgan fingerprint density at radius 3 is 3.05 bits per heavy atom. The summed E-state index contributed by atoms with van der Waals surface area (Å²) in [6.45, 7) is 2.14. The molecule has 3 heteroatoms. The van der Waals surface area contributed by atoms with Gasteiger partial charge in [0, 0.05) is 0 Å². The highest BCUT2D eigenvalue weighted by molar-refractivity contribution is 5.40. The van der Waals surface area contributed by atoms with Gasteiger partial charge in [0.25, 0.3) is 1.43 Å². The molecule has 21 heavy (non-hydrogen) atoms. The lowest BCUT2D eigenvalue weighted by atomic mass is 9.55. The van der Waals surface area contributed by atoms with E-state index in [-0.39, 0.29) is 11.5 Å². The molecule has 0 bridgehead atoms. The van der Waals surface area contributed by atoms with E-state index >= 15 is 0 Å². The minimum absolute atomic E-state index is 0.174. The summed E-state index contributed by atoms with van der Waals surface area (Å²) in [7, 11) is 0. The Balaban J connectivity index is 1.71. The molecule has 0 aromatic heterocycles. The highest BCUT2D eigenvalue weighted by atomic mass is 16.3. The summed E-state index contributed by atoms with van der Waals surface area (Å²) in [5.41, 5.74) is 2.25. The summed E-state index contributed by atoms with van der Waals surface area (Å²) in [4.78, 5) is 0. The van der Waals surface area contributed by atoms with Gasteiger partial charge >= 0.3 is 0 Å². The zero-order valence-electron chi connectivity index (χ0n) is 14.4. The first-order valence-corrected chi connectivity index (χ1v) is 8.08. The zero-order valence-corrected chi connectivity index (χ0v) is 12.4. The molecule has 3 aliphatic rings. The van der Waals surface area contributed by atoms with Gasteiger partial charge in [0.15, 0.2) is 0 Å². The summed E-state index contributed by atoms with van der Waals surface area (Å²) in [6, 6.07) is 4.01. The number of hydrogen-bond acceptors (Lipinski definition) is 3. The van der Waals surface area contributed by atoms with Crippen molar-refractivity contribution >= 4 is 0 Å². The first-order chi connectivity index (χ1) is 11.0. The monoisotopic (exact) mass is 290 g/mol. The molecule has 3 aliphatic carbocycles. The number of fused-ring (bicyclic) bond motifs is 5. The van der Waals surface area contributed by atoms with Crippen LogP contribution in [0, 0.1) is 17.3 Å². The minimum Gasteiger partial charge on any atom is -0.508 e. The van der Waals surface area contributed by atoms with Crippen LogP contribution in [0.1, 0.15) is 51.0 Å². The molecule has 0 amide bonds. The Morgan fingerprint density at radius 1 is 1.38 bits per heavy atom. The zero-order chi connectivity index (χ0) is 16.4. The third-order valence-electron chi connectivity index (χ3n) is 6.60. The van der Waals surface area contributed by atoms with Crippen molar-refractivity contribution in [1.29, 1.82) is 1.43 Å². The van der Waals surface area contributed by atoms with Gasteiger partial charge in [-0.2, -0.15) is 0 Å². The van der Waals surface area contributed by atoms with Crippen molar-refractivity contribution in [1.82, 2.24) is 0 Å².